The Kier molecular flexibility index (Phi) is 8.09. The van der Waals surface area contributed by atoms with Crippen LogP contribution in [0.2, 0.25) is 0 Å². The molecular weight excluding hydrogens is 418 g/mol. The van der Waals surface area contributed by atoms with E-state index in [0.29, 0.717) is 37.3 Å². The van der Waals surface area contributed by atoms with E-state index in [4.69, 9.17) is 4.74 Å². The van der Waals surface area contributed by atoms with Gasteiger partial charge in [0.15, 0.2) is 0 Å². The summed E-state index contributed by atoms with van der Waals surface area (Å²) in [7, 11) is 0. The van der Waals surface area contributed by atoms with Gasteiger partial charge in [0.2, 0.25) is 5.91 Å². The minimum absolute atomic E-state index is 0.162. The zero-order chi connectivity index (χ0) is 23.8. The molecule has 7 heteroatoms. The normalized spacial score (nSPS) is 16.1. The molecule has 1 aliphatic rings. The fourth-order valence-corrected chi connectivity index (χ4v) is 3.73. The monoisotopic (exact) mass is 451 g/mol. The summed E-state index contributed by atoms with van der Waals surface area (Å²) in [6, 6.07) is 16.9. The molecule has 1 heterocycles. The number of piperidine rings is 1. The topological polar surface area (TPSA) is 87.7 Å². The highest BCUT2D eigenvalue weighted by Gasteiger charge is 2.31. The molecule has 0 radical (unpaired) electrons. The number of likely N-dealkylation sites (tertiary alicyclic amines) is 1. The molecule has 1 unspecified atom stereocenters. The van der Waals surface area contributed by atoms with E-state index in [2.05, 4.69) is 10.6 Å². The average Bonchev–Trinajstić information content (AvgIpc) is 2.79. The van der Waals surface area contributed by atoms with Gasteiger partial charge in [-0.3, -0.25) is 9.59 Å². The molecule has 0 aromatic heterocycles. The van der Waals surface area contributed by atoms with E-state index in [-0.39, 0.29) is 17.7 Å². The number of benzene rings is 2. The Morgan fingerprint density at radius 1 is 1.06 bits per heavy atom. The Labute approximate surface area is 195 Å². The van der Waals surface area contributed by atoms with Crippen LogP contribution in [-0.2, 0) is 16.0 Å². The second-order valence-corrected chi connectivity index (χ2v) is 9.33. The van der Waals surface area contributed by atoms with E-state index in [1.807, 2.05) is 51.1 Å². The van der Waals surface area contributed by atoms with Crippen LogP contribution < -0.4 is 10.6 Å². The van der Waals surface area contributed by atoms with Crippen LogP contribution in [0.4, 0.5) is 10.5 Å². The van der Waals surface area contributed by atoms with Crippen molar-refractivity contribution < 1.29 is 19.1 Å². The van der Waals surface area contributed by atoms with Gasteiger partial charge < -0.3 is 20.3 Å². The highest BCUT2D eigenvalue weighted by Crippen LogP contribution is 2.21. The van der Waals surface area contributed by atoms with Crippen LogP contribution in [0.3, 0.4) is 0 Å². The number of hydrogen-bond donors (Lipinski definition) is 2. The number of hydrogen-bond acceptors (Lipinski definition) is 4. The number of nitrogens with zero attached hydrogens (tertiary/aromatic N) is 1. The Morgan fingerprint density at radius 3 is 2.55 bits per heavy atom. The third-order valence-corrected chi connectivity index (χ3v) is 5.38. The minimum Gasteiger partial charge on any atom is -0.444 e. The number of anilines is 1. The van der Waals surface area contributed by atoms with Crippen molar-refractivity contribution in [1.82, 2.24) is 10.2 Å². The van der Waals surface area contributed by atoms with Crippen LogP contribution in [0, 0.1) is 5.92 Å². The van der Waals surface area contributed by atoms with Gasteiger partial charge in [0.1, 0.15) is 5.60 Å². The van der Waals surface area contributed by atoms with Crippen LogP contribution in [0.15, 0.2) is 54.6 Å². The van der Waals surface area contributed by atoms with Crippen molar-refractivity contribution in [3.05, 3.63) is 65.7 Å². The lowest BCUT2D eigenvalue weighted by molar-refractivity contribution is -0.121. The zero-order valence-corrected chi connectivity index (χ0v) is 19.6. The maximum absolute atomic E-state index is 12.8. The van der Waals surface area contributed by atoms with E-state index >= 15 is 0 Å². The third kappa shape index (κ3) is 7.63. The van der Waals surface area contributed by atoms with Gasteiger partial charge in [-0.1, -0.05) is 36.4 Å². The van der Waals surface area contributed by atoms with Crippen LogP contribution in [0.5, 0.6) is 0 Å². The standard InChI is InChI=1S/C26H33N3O4/c1-26(2,3)33-25(32)29-16-8-12-21(18-29)24(31)28-22-13-7-11-20(17-22)23(30)27-15-14-19-9-5-4-6-10-19/h4-7,9-11,13,17,21H,8,12,14-16,18H2,1-3H3,(H,27,30)(H,28,31). The summed E-state index contributed by atoms with van der Waals surface area (Å²) in [6.45, 7) is 6.90. The average molecular weight is 452 g/mol. The molecule has 0 bridgehead atoms. The Bertz CT molecular complexity index is 969. The van der Waals surface area contributed by atoms with Crippen LogP contribution in [0.25, 0.3) is 0 Å². The van der Waals surface area contributed by atoms with Gasteiger partial charge in [-0.15, -0.1) is 0 Å². The molecule has 176 valence electrons. The first-order valence-electron chi connectivity index (χ1n) is 11.4. The summed E-state index contributed by atoms with van der Waals surface area (Å²) < 4.78 is 5.44. The maximum Gasteiger partial charge on any atom is 0.410 e. The molecule has 0 saturated carbocycles. The van der Waals surface area contributed by atoms with Crippen LogP contribution in [-0.4, -0.2) is 48.0 Å². The fourth-order valence-electron chi connectivity index (χ4n) is 3.73. The Hall–Kier alpha value is -3.35. The van der Waals surface area contributed by atoms with Crippen molar-refractivity contribution in [1.29, 1.82) is 0 Å². The van der Waals surface area contributed by atoms with E-state index in [1.165, 1.54) is 0 Å². The van der Waals surface area contributed by atoms with Gasteiger partial charge in [-0.25, -0.2) is 4.79 Å². The SMILES string of the molecule is CC(C)(C)OC(=O)N1CCCC(C(=O)Nc2cccc(C(=O)NCCc3ccccc3)c2)C1. The summed E-state index contributed by atoms with van der Waals surface area (Å²) in [5.41, 5.74) is 1.63. The molecule has 0 aliphatic carbocycles. The quantitative estimate of drug-likeness (QED) is 0.688. The predicted molar refractivity (Wildman–Crippen MR) is 128 cm³/mol. The molecule has 1 fully saturated rings. The molecule has 2 aromatic rings. The first kappa shape index (κ1) is 24.3. The van der Waals surface area contributed by atoms with E-state index in [9.17, 15) is 14.4 Å². The largest absolute Gasteiger partial charge is 0.444 e. The number of carbonyl (C=O) groups excluding carboxylic acids is 3. The van der Waals surface area contributed by atoms with Gasteiger partial charge in [0.25, 0.3) is 5.91 Å². The molecular formula is C26H33N3O4. The number of rotatable bonds is 6. The summed E-state index contributed by atoms with van der Waals surface area (Å²) in [6.07, 6.45) is 1.79. The number of amides is 3. The molecule has 3 rings (SSSR count). The second kappa shape index (κ2) is 11.0. The van der Waals surface area contributed by atoms with Crippen molar-refractivity contribution >= 4 is 23.6 Å². The number of nitrogens with one attached hydrogen (secondary N) is 2. The van der Waals surface area contributed by atoms with Gasteiger partial charge in [-0.2, -0.15) is 0 Å². The molecule has 3 amide bonds. The Morgan fingerprint density at radius 2 is 1.82 bits per heavy atom. The first-order valence-corrected chi connectivity index (χ1v) is 11.4. The molecule has 1 aliphatic heterocycles. The van der Waals surface area contributed by atoms with E-state index < -0.39 is 11.7 Å². The van der Waals surface area contributed by atoms with Crippen molar-refractivity contribution in [2.24, 2.45) is 5.92 Å². The fraction of sp³-hybridized carbons (Fsp3) is 0.423. The molecule has 1 atom stereocenters. The number of ether oxygens (including phenoxy) is 1. The highest BCUT2D eigenvalue weighted by atomic mass is 16.6. The van der Waals surface area contributed by atoms with Gasteiger partial charge in [0, 0.05) is 30.9 Å². The van der Waals surface area contributed by atoms with Crippen molar-refractivity contribution in [3.8, 4) is 0 Å². The Balaban J connectivity index is 1.53. The van der Waals surface area contributed by atoms with E-state index in [0.717, 1.165) is 18.4 Å². The second-order valence-electron chi connectivity index (χ2n) is 9.33. The first-order chi connectivity index (χ1) is 15.7. The molecule has 1 saturated heterocycles. The predicted octanol–water partition coefficient (Wildman–Crippen LogP) is 4.24. The maximum atomic E-state index is 12.8. The van der Waals surface area contributed by atoms with Crippen LogP contribution in [0.1, 0.15) is 49.5 Å². The van der Waals surface area contributed by atoms with Gasteiger partial charge in [-0.05, 0) is 63.8 Å². The lowest BCUT2D eigenvalue weighted by Crippen LogP contribution is -2.45. The van der Waals surface area contributed by atoms with Crippen molar-refractivity contribution in [3.63, 3.8) is 0 Å². The van der Waals surface area contributed by atoms with Gasteiger partial charge in [0.05, 0.1) is 5.92 Å². The summed E-state index contributed by atoms with van der Waals surface area (Å²) in [5.74, 6) is -0.671. The van der Waals surface area contributed by atoms with Crippen LogP contribution >= 0.6 is 0 Å². The smallest absolute Gasteiger partial charge is 0.410 e. The summed E-state index contributed by atoms with van der Waals surface area (Å²) in [5, 5.41) is 5.82. The minimum atomic E-state index is -0.575. The molecule has 33 heavy (non-hydrogen) atoms. The van der Waals surface area contributed by atoms with Crippen molar-refractivity contribution in [2.45, 2.75) is 45.6 Å². The lowest BCUT2D eigenvalue weighted by Gasteiger charge is -2.33. The van der Waals surface area contributed by atoms with Gasteiger partial charge >= 0.3 is 6.09 Å². The lowest BCUT2D eigenvalue weighted by atomic mass is 9.97. The summed E-state index contributed by atoms with van der Waals surface area (Å²) in [4.78, 5) is 39.3. The van der Waals surface area contributed by atoms with E-state index in [1.54, 1.807) is 29.2 Å². The highest BCUT2D eigenvalue weighted by molar-refractivity contribution is 5.97. The van der Waals surface area contributed by atoms with Crippen molar-refractivity contribution in [2.75, 3.05) is 25.0 Å². The molecule has 2 N–H and O–H groups in total. The number of carbonyl (C=O) groups is 3. The third-order valence-electron chi connectivity index (χ3n) is 5.38. The molecule has 7 nitrogen and oxygen atoms in total. The summed E-state index contributed by atoms with van der Waals surface area (Å²) >= 11 is 0. The molecule has 2 aromatic carbocycles. The molecule has 0 spiro atoms. The zero-order valence-electron chi connectivity index (χ0n) is 19.6.